The lowest BCUT2D eigenvalue weighted by Crippen LogP contribution is -2.45. The van der Waals surface area contributed by atoms with E-state index < -0.39 is 8.80 Å². The van der Waals surface area contributed by atoms with Crippen LogP contribution in [0.2, 0.25) is 0 Å². The van der Waals surface area contributed by atoms with Crippen LogP contribution in [0.1, 0.15) is 78.6 Å². The monoisotopic (exact) mass is 316 g/mol. The Kier molecular flexibility index (Phi) is 14.6. The Morgan fingerprint density at radius 2 is 1.00 bits per heavy atom. The van der Waals surface area contributed by atoms with Crippen LogP contribution in [-0.2, 0) is 13.3 Å². The van der Waals surface area contributed by atoms with Crippen molar-refractivity contribution in [3.8, 4) is 0 Å². The van der Waals surface area contributed by atoms with E-state index in [0.717, 1.165) is 19.3 Å². The summed E-state index contributed by atoms with van der Waals surface area (Å²) < 4.78 is 18.1. The first-order valence-electron chi connectivity index (χ1n) is 8.80. The standard InChI is InChI=1S/C17H36O3Si/c1-5-9-12-15-18-21(8-4,19-16-13-10-6-2)20-17-14-11-7-3/h8H,4-7,9-17H2,1-3H3. The van der Waals surface area contributed by atoms with Crippen molar-refractivity contribution in [2.24, 2.45) is 0 Å². The molecule has 0 rings (SSSR count). The molecule has 0 aromatic carbocycles. The van der Waals surface area contributed by atoms with Gasteiger partial charge in [0.15, 0.2) is 0 Å². The van der Waals surface area contributed by atoms with Crippen molar-refractivity contribution in [3.05, 3.63) is 12.3 Å². The summed E-state index contributed by atoms with van der Waals surface area (Å²) in [6.07, 6.45) is 10.3. The van der Waals surface area contributed by atoms with E-state index in [0.29, 0.717) is 19.8 Å². The van der Waals surface area contributed by atoms with Crippen LogP contribution in [0.5, 0.6) is 0 Å². The molecule has 0 atom stereocenters. The predicted octanol–water partition coefficient (Wildman–Crippen LogP) is 5.27. The van der Waals surface area contributed by atoms with Crippen LogP contribution in [0, 0.1) is 0 Å². The van der Waals surface area contributed by atoms with Crippen molar-refractivity contribution in [1.29, 1.82) is 0 Å². The van der Waals surface area contributed by atoms with Crippen LogP contribution in [0.3, 0.4) is 0 Å². The topological polar surface area (TPSA) is 27.7 Å². The Bertz CT molecular complexity index is 203. The van der Waals surface area contributed by atoms with Crippen LogP contribution in [0.15, 0.2) is 12.3 Å². The zero-order chi connectivity index (χ0) is 15.8. The highest BCUT2D eigenvalue weighted by Crippen LogP contribution is 2.15. The van der Waals surface area contributed by atoms with Gasteiger partial charge in [-0.15, -0.1) is 0 Å². The second-order valence-corrected chi connectivity index (χ2v) is 7.96. The normalized spacial score (nSPS) is 11.8. The number of hydrogen-bond acceptors (Lipinski definition) is 3. The Labute approximate surface area is 133 Å². The average molecular weight is 317 g/mol. The summed E-state index contributed by atoms with van der Waals surface area (Å²) in [6.45, 7) is 12.6. The van der Waals surface area contributed by atoms with Crippen molar-refractivity contribution in [2.45, 2.75) is 78.6 Å². The van der Waals surface area contributed by atoms with Gasteiger partial charge in [0, 0.05) is 19.8 Å². The van der Waals surface area contributed by atoms with E-state index >= 15 is 0 Å². The van der Waals surface area contributed by atoms with Gasteiger partial charge < -0.3 is 13.3 Å². The highest BCUT2D eigenvalue weighted by atomic mass is 28.4. The minimum absolute atomic E-state index is 0.716. The molecular weight excluding hydrogens is 280 g/mol. The van der Waals surface area contributed by atoms with Crippen LogP contribution in [0.4, 0.5) is 0 Å². The smallest absolute Gasteiger partial charge is 0.370 e. The second-order valence-electron chi connectivity index (χ2n) is 5.47. The van der Waals surface area contributed by atoms with Gasteiger partial charge in [0.2, 0.25) is 0 Å². The summed E-state index contributed by atoms with van der Waals surface area (Å²) in [7, 11) is -2.66. The molecule has 0 aromatic rings. The van der Waals surface area contributed by atoms with E-state index in [1.165, 1.54) is 38.5 Å². The molecule has 0 N–H and O–H groups in total. The minimum Gasteiger partial charge on any atom is -0.370 e. The van der Waals surface area contributed by atoms with E-state index in [9.17, 15) is 0 Å². The third kappa shape index (κ3) is 11.1. The molecule has 0 bridgehead atoms. The summed E-state index contributed by atoms with van der Waals surface area (Å²) in [4.78, 5) is 0. The lowest BCUT2D eigenvalue weighted by molar-refractivity contribution is 0.0676. The molecule has 126 valence electrons. The fraction of sp³-hybridized carbons (Fsp3) is 0.882. The average Bonchev–Trinajstić information content (AvgIpc) is 2.51. The Hall–Kier alpha value is -0.163. The molecule has 21 heavy (non-hydrogen) atoms. The summed E-state index contributed by atoms with van der Waals surface area (Å²) >= 11 is 0. The molecule has 0 saturated carbocycles. The van der Waals surface area contributed by atoms with Gasteiger partial charge in [0.05, 0.1) is 0 Å². The van der Waals surface area contributed by atoms with Crippen LogP contribution >= 0.6 is 0 Å². The van der Waals surface area contributed by atoms with Crippen LogP contribution < -0.4 is 0 Å². The Morgan fingerprint density at radius 3 is 1.24 bits per heavy atom. The highest BCUT2D eigenvalue weighted by molar-refractivity contribution is 6.66. The molecule has 0 aliphatic rings. The molecule has 3 nitrogen and oxygen atoms in total. The van der Waals surface area contributed by atoms with E-state index in [1.54, 1.807) is 5.70 Å². The van der Waals surface area contributed by atoms with Gasteiger partial charge in [-0.05, 0) is 25.0 Å². The summed E-state index contributed by atoms with van der Waals surface area (Å²) in [5.74, 6) is 0. The van der Waals surface area contributed by atoms with Gasteiger partial charge in [0.25, 0.3) is 0 Å². The molecule has 0 radical (unpaired) electrons. The van der Waals surface area contributed by atoms with Gasteiger partial charge in [-0.3, -0.25) is 0 Å². The first kappa shape index (κ1) is 20.8. The molecule has 0 aliphatic heterocycles. The number of rotatable bonds is 16. The minimum atomic E-state index is -2.66. The van der Waals surface area contributed by atoms with Crippen molar-refractivity contribution in [2.75, 3.05) is 19.8 Å². The molecule has 0 saturated heterocycles. The van der Waals surface area contributed by atoms with Gasteiger partial charge in [0.1, 0.15) is 0 Å². The number of hydrogen-bond donors (Lipinski definition) is 0. The van der Waals surface area contributed by atoms with Gasteiger partial charge in [-0.25, -0.2) is 0 Å². The summed E-state index contributed by atoms with van der Waals surface area (Å²) in [5, 5.41) is 0. The van der Waals surface area contributed by atoms with Crippen LogP contribution in [-0.4, -0.2) is 28.6 Å². The predicted molar refractivity (Wildman–Crippen MR) is 92.4 cm³/mol. The van der Waals surface area contributed by atoms with E-state index in [2.05, 4.69) is 27.4 Å². The zero-order valence-electron chi connectivity index (χ0n) is 14.5. The highest BCUT2D eigenvalue weighted by Gasteiger charge is 2.37. The second kappa shape index (κ2) is 14.8. The number of unbranched alkanes of at least 4 members (excludes halogenated alkanes) is 6. The first-order valence-corrected chi connectivity index (χ1v) is 10.6. The molecule has 0 spiro atoms. The molecule has 0 aliphatic carbocycles. The van der Waals surface area contributed by atoms with Gasteiger partial charge in [-0.2, -0.15) is 0 Å². The third-order valence-electron chi connectivity index (χ3n) is 3.40. The zero-order valence-corrected chi connectivity index (χ0v) is 15.5. The molecule has 0 heterocycles. The molecule has 4 heteroatoms. The Balaban J connectivity index is 4.26. The maximum Gasteiger partial charge on any atom is 0.529 e. The lowest BCUT2D eigenvalue weighted by atomic mass is 10.3. The van der Waals surface area contributed by atoms with Gasteiger partial charge in [-0.1, -0.05) is 65.9 Å². The summed E-state index contributed by atoms with van der Waals surface area (Å²) in [6, 6.07) is 0. The Morgan fingerprint density at radius 1 is 0.667 bits per heavy atom. The molecule has 0 fully saturated rings. The fourth-order valence-corrected chi connectivity index (χ4v) is 3.89. The maximum absolute atomic E-state index is 6.02. The SMILES string of the molecule is C=C[Si](OCCCCC)(OCCCCC)OCCCCC. The molecule has 0 unspecified atom stereocenters. The van der Waals surface area contributed by atoms with E-state index in [1.807, 2.05) is 0 Å². The van der Waals surface area contributed by atoms with Crippen molar-refractivity contribution in [1.82, 2.24) is 0 Å². The summed E-state index contributed by atoms with van der Waals surface area (Å²) in [5.41, 5.74) is 1.80. The van der Waals surface area contributed by atoms with E-state index in [4.69, 9.17) is 13.3 Å². The molecular formula is C17H36O3Si. The van der Waals surface area contributed by atoms with Crippen molar-refractivity contribution < 1.29 is 13.3 Å². The largest absolute Gasteiger partial charge is 0.529 e. The van der Waals surface area contributed by atoms with Crippen LogP contribution in [0.25, 0.3) is 0 Å². The van der Waals surface area contributed by atoms with E-state index in [-0.39, 0.29) is 0 Å². The lowest BCUT2D eigenvalue weighted by Gasteiger charge is -2.27. The van der Waals surface area contributed by atoms with Gasteiger partial charge >= 0.3 is 8.80 Å². The quantitative estimate of drug-likeness (QED) is 0.287. The molecule has 0 aromatic heterocycles. The van der Waals surface area contributed by atoms with Crippen molar-refractivity contribution in [3.63, 3.8) is 0 Å². The fourth-order valence-electron chi connectivity index (χ4n) is 2.00. The van der Waals surface area contributed by atoms with Crippen molar-refractivity contribution >= 4 is 8.80 Å². The molecule has 0 amide bonds. The maximum atomic E-state index is 6.02. The first-order chi connectivity index (χ1) is 10.2. The third-order valence-corrected chi connectivity index (χ3v) is 5.72.